The minimum absolute atomic E-state index is 0.141. The van der Waals surface area contributed by atoms with Crippen LogP contribution in [0, 0.1) is 12.7 Å². The third-order valence-electron chi connectivity index (χ3n) is 3.23. The number of benzene rings is 1. The van der Waals surface area contributed by atoms with Crippen molar-refractivity contribution in [2.75, 3.05) is 0 Å². The van der Waals surface area contributed by atoms with E-state index in [1.807, 2.05) is 18.4 Å². The number of thiophene rings is 1. The van der Waals surface area contributed by atoms with E-state index < -0.39 is 6.10 Å². The third-order valence-corrected chi connectivity index (χ3v) is 4.34. The van der Waals surface area contributed by atoms with Crippen molar-refractivity contribution in [3.05, 3.63) is 51.5 Å². The molecule has 0 saturated carbocycles. The fourth-order valence-electron chi connectivity index (χ4n) is 2.29. The lowest BCUT2D eigenvalue weighted by atomic mass is 9.97. The second-order valence-electron chi connectivity index (χ2n) is 4.51. The van der Waals surface area contributed by atoms with Crippen molar-refractivity contribution >= 4 is 11.3 Å². The van der Waals surface area contributed by atoms with Crippen molar-refractivity contribution in [2.45, 2.75) is 25.6 Å². The van der Waals surface area contributed by atoms with Crippen LogP contribution in [0.3, 0.4) is 0 Å². The maximum absolute atomic E-state index is 13.1. The van der Waals surface area contributed by atoms with Gasteiger partial charge in [-0.2, -0.15) is 0 Å². The first-order valence-electron chi connectivity index (χ1n) is 5.83. The lowest BCUT2D eigenvalue weighted by molar-refractivity contribution is 0.0668. The quantitative estimate of drug-likeness (QED) is 0.850. The van der Waals surface area contributed by atoms with E-state index in [1.165, 1.54) is 17.7 Å². The summed E-state index contributed by atoms with van der Waals surface area (Å²) in [7, 11) is 0. The number of ether oxygens (including phenoxy) is 1. The van der Waals surface area contributed by atoms with Crippen molar-refractivity contribution < 1.29 is 14.2 Å². The van der Waals surface area contributed by atoms with Crippen molar-refractivity contribution in [2.24, 2.45) is 0 Å². The lowest BCUT2D eigenvalue weighted by Gasteiger charge is -2.29. The molecular weight excluding hydrogens is 251 g/mol. The first-order valence-corrected chi connectivity index (χ1v) is 6.71. The highest BCUT2D eigenvalue weighted by Crippen LogP contribution is 2.42. The Morgan fingerprint density at radius 2 is 2.22 bits per heavy atom. The van der Waals surface area contributed by atoms with Crippen LogP contribution in [0.2, 0.25) is 0 Å². The standard InChI is InChI=1S/C14H13FO2S/c1-8-4-5-18-14(8)13-7-11(16)10-6-9(15)2-3-12(10)17-13/h2-6,11,13,16H,7H2,1H3/t11-,13?/m1/s1. The topological polar surface area (TPSA) is 29.5 Å². The van der Waals surface area contributed by atoms with Gasteiger partial charge in [-0.15, -0.1) is 11.3 Å². The number of rotatable bonds is 1. The number of halogens is 1. The summed E-state index contributed by atoms with van der Waals surface area (Å²) in [5, 5.41) is 12.1. The van der Waals surface area contributed by atoms with Crippen LogP contribution in [0.15, 0.2) is 29.6 Å². The van der Waals surface area contributed by atoms with Crippen molar-refractivity contribution in [3.63, 3.8) is 0 Å². The van der Waals surface area contributed by atoms with Gasteiger partial charge in [0.1, 0.15) is 17.7 Å². The Morgan fingerprint density at radius 3 is 2.94 bits per heavy atom. The molecule has 3 rings (SSSR count). The van der Waals surface area contributed by atoms with E-state index in [9.17, 15) is 9.50 Å². The Labute approximate surface area is 109 Å². The summed E-state index contributed by atoms with van der Waals surface area (Å²) in [5.74, 6) is 0.232. The number of fused-ring (bicyclic) bond motifs is 1. The highest BCUT2D eigenvalue weighted by atomic mass is 32.1. The molecule has 1 aromatic heterocycles. The van der Waals surface area contributed by atoms with Crippen LogP contribution in [0.25, 0.3) is 0 Å². The van der Waals surface area contributed by atoms with Gasteiger partial charge in [0.15, 0.2) is 0 Å². The largest absolute Gasteiger partial charge is 0.484 e. The third kappa shape index (κ3) is 1.91. The fraction of sp³-hybridized carbons (Fsp3) is 0.286. The summed E-state index contributed by atoms with van der Waals surface area (Å²) >= 11 is 1.63. The van der Waals surface area contributed by atoms with E-state index >= 15 is 0 Å². The van der Waals surface area contributed by atoms with E-state index in [1.54, 1.807) is 17.4 Å². The molecule has 4 heteroatoms. The van der Waals surface area contributed by atoms with Crippen LogP contribution in [0.1, 0.15) is 34.6 Å². The van der Waals surface area contributed by atoms with Crippen LogP contribution in [-0.4, -0.2) is 5.11 Å². The van der Waals surface area contributed by atoms with E-state index in [2.05, 4.69) is 0 Å². The predicted octanol–water partition coefficient (Wildman–Crippen LogP) is 3.75. The Balaban J connectivity index is 1.97. The van der Waals surface area contributed by atoms with Gasteiger partial charge in [-0.25, -0.2) is 4.39 Å². The average molecular weight is 264 g/mol. The molecule has 1 aliphatic heterocycles. The van der Waals surface area contributed by atoms with Crippen LogP contribution >= 0.6 is 11.3 Å². The van der Waals surface area contributed by atoms with E-state index in [-0.39, 0.29) is 11.9 Å². The van der Waals surface area contributed by atoms with Gasteiger partial charge >= 0.3 is 0 Å². The number of aliphatic hydroxyl groups excluding tert-OH is 1. The van der Waals surface area contributed by atoms with E-state index in [0.717, 1.165) is 4.88 Å². The maximum Gasteiger partial charge on any atom is 0.136 e. The minimum Gasteiger partial charge on any atom is -0.484 e. The normalized spacial score (nSPS) is 22.4. The van der Waals surface area contributed by atoms with E-state index in [0.29, 0.717) is 17.7 Å². The smallest absolute Gasteiger partial charge is 0.136 e. The molecule has 1 aromatic carbocycles. The monoisotopic (exact) mass is 264 g/mol. The average Bonchev–Trinajstić information content (AvgIpc) is 2.76. The molecular formula is C14H13FO2S. The highest BCUT2D eigenvalue weighted by Gasteiger charge is 2.29. The molecule has 0 saturated heterocycles. The molecule has 1 N–H and O–H groups in total. The van der Waals surface area contributed by atoms with Crippen molar-refractivity contribution in [1.29, 1.82) is 0 Å². The molecule has 0 bridgehead atoms. The summed E-state index contributed by atoms with van der Waals surface area (Å²) in [6, 6.07) is 6.33. The van der Waals surface area contributed by atoms with Crippen LogP contribution < -0.4 is 4.74 Å². The highest BCUT2D eigenvalue weighted by molar-refractivity contribution is 7.10. The number of aliphatic hydroxyl groups is 1. The molecule has 1 unspecified atom stereocenters. The molecule has 94 valence electrons. The lowest BCUT2D eigenvalue weighted by Crippen LogP contribution is -2.19. The summed E-state index contributed by atoms with van der Waals surface area (Å²) in [5.41, 5.74) is 1.71. The van der Waals surface area contributed by atoms with E-state index in [4.69, 9.17) is 4.74 Å². The fourth-order valence-corrected chi connectivity index (χ4v) is 3.26. The van der Waals surface area contributed by atoms with Gasteiger partial charge in [-0.05, 0) is 42.1 Å². The number of hydrogen-bond donors (Lipinski definition) is 1. The Bertz CT molecular complexity index is 579. The zero-order chi connectivity index (χ0) is 12.7. The summed E-state index contributed by atoms with van der Waals surface area (Å²) in [6.45, 7) is 2.03. The molecule has 0 aliphatic carbocycles. The number of aryl methyl sites for hydroxylation is 1. The molecule has 0 fully saturated rings. The molecule has 2 heterocycles. The first-order chi connectivity index (χ1) is 8.65. The molecule has 18 heavy (non-hydrogen) atoms. The summed E-state index contributed by atoms with van der Waals surface area (Å²) in [4.78, 5) is 1.13. The second kappa shape index (κ2) is 4.37. The Morgan fingerprint density at radius 1 is 1.39 bits per heavy atom. The van der Waals surface area contributed by atoms with Crippen LogP contribution in [-0.2, 0) is 0 Å². The maximum atomic E-state index is 13.1. The van der Waals surface area contributed by atoms with Gasteiger partial charge in [0.05, 0.1) is 6.10 Å². The van der Waals surface area contributed by atoms with Crippen molar-refractivity contribution in [3.8, 4) is 5.75 Å². The van der Waals surface area contributed by atoms with Gasteiger partial charge in [0.2, 0.25) is 0 Å². The first kappa shape index (κ1) is 11.7. The second-order valence-corrected chi connectivity index (χ2v) is 5.46. The van der Waals surface area contributed by atoms with Gasteiger partial charge < -0.3 is 9.84 Å². The Kier molecular flexibility index (Phi) is 2.84. The zero-order valence-corrected chi connectivity index (χ0v) is 10.7. The Hall–Kier alpha value is -1.39. The molecule has 0 radical (unpaired) electrons. The van der Waals surface area contributed by atoms with Crippen LogP contribution in [0.5, 0.6) is 5.75 Å². The summed E-state index contributed by atoms with van der Waals surface area (Å²) < 4.78 is 19.0. The van der Waals surface area contributed by atoms with Crippen LogP contribution in [0.4, 0.5) is 4.39 Å². The van der Waals surface area contributed by atoms with Gasteiger partial charge in [0, 0.05) is 16.9 Å². The zero-order valence-electron chi connectivity index (χ0n) is 9.89. The predicted molar refractivity (Wildman–Crippen MR) is 68.4 cm³/mol. The molecule has 2 nitrogen and oxygen atoms in total. The van der Waals surface area contributed by atoms with Gasteiger partial charge in [-0.1, -0.05) is 0 Å². The summed E-state index contributed by atoms with van der Waals surface area (Å²) in [6.07, 6.45) is -0.341. The van der Waals surface area contributed by atoms with Gasteiger partial charge in [-0.3, -0.25) is 0 Å². The van der Waals surface area contributed by atoms with Gasteiger partial charge in [0.25, 0.3) is 0 Å². The molecule has 0 spiro atoms. The number of hydrogen-bond acceptors (Lipinski definition) is 3. The molecule has 2 atom stereocenters. The minimum atomic E-state index is -0.670. The van der Waals surface area contributed by atoms with Crippen molar-refractivity contribution in [1.82, 2.24) is 0 Å². The SMILES string of the molecule is Cc1ccsc1C1C[C@@H](O)c2cc(F)ccc2O1. The molecule has 0 amide bonds. The molecule has 1 aliphatic rings. The molecule has 2 aromatic rings.